The van der Waals surface area contributed by atoms with E-state index in [0.29, 0.717) is 12.3 Å². The van der Waals surface area contributed by atoms with Gasteiger partial charge in [-0.15, -0.1) is 0 Å². The molecule has 1 aromatic carbocycles. The van der Waals surface area contributed by atoms with E-state index < -0.39 is 0 Å². The molecule has 3 rings (SSSR count). The zero-order valence-corrected chi connectivity index (χ0v) is 12.7. The SMILES string of the molecule is CC.N#CCC1C(=[N+]2CCCC2)CCc2ccccc21. The van der Waals surface area contributed by atoms with Crippen molar-refractivity contribution in [3.63, 3.8) is 0 Å². The van der Waals surface area contributed by atoms with Crippen molar-refractivity contribution in [3.05, 3.63) is 35.4 Å². The molecule has 0 saturated carbocycles. The maximum Gasteiger partial charge on any atom is 0.161 e. The van der Waals surface area contributed by atoms with Crippen molar-refractivity contribution in [1.29, 1.82) is 5.26 Å². The fourth-order valence-corrected chi connectivity index (χ4v) is 3.42. The molecule has 1 aliphatic carbocycles. The van der Waals surface area contributed by atoms with Crippen LogP contribution in [0.5, 0.6) is 0 Å². The minimum absolute atomic E-state index is 0.345. The standard InChI is InChI=1S/C16H19N2.C2H6/c17-10-9-15-14-6-2-1-5-13(14)7-8-16(15)18-11-3-4-12-18;1-2/h1-2,5-6,15H,3-4,7-9,11-12H2;1-2H3/q+1;. The molecule has 0 radical (unpaired) electrons. The van der Waals surface area contributed by atoms with Crippen LogP contribution in [-0.2, 0) is 6.42 Å². The van der Waals surface area contributed by atoms with Crippen LogP contribution >= 0.6 is 0 Å². The monoisotopic (exact) mass is 269 g/mol. The molecule has 1 saturated heterocycles. The van der Waals surface area contributed by atoms with E-state index in [1.54, 1.807) is 0 Å². The van der Waals surface area contributed by atoms with Crippen LogP contribution in [-0.4, -0.2) is 23.4 Å². The van der Waals surface area contributed by atoms with Gasteiger partial charge in [0.2, 0.25) is 0 Å². The number of fused-ring (bicyclic) bond motifs is 1. The van der Waals surface area contributed by atoms with Crippen LogP contribution in [0.2, 0.25) is 0 Å². The zero-order chi connectivity index (χ0) is 14.4. The first kappa shape index (κ1) is 14.8. The second-order valence-corrected chi connectivity index (χ2v) is 5.30. The van der Waals surface area contributed by atoms with Crippen LogP contribution < -0.4 is 0 Å². The summed E-state index contributed by atoms with van der Waals surface area (Å²) in [6.07, 6.45) is 5.53. The first-order chi connectivity index (χ1) is 9.90. The minimum Gasteiger partial charge on any atom is -0.236 e. The third kappa shape index (κ3) is 2.93. The maximum atomic E-state index is 9.12. The van der Waals surface area contributed by atoms with Gasteiger partial charge in [0.15, 0.2) is 5.71 Å². The largest absolute Gasteiger partial charge is 0.236 e. The lowest BCUT2D eigenvalue weighted by Gasteiger charge is -2.24. The Balaban J connectivity index is 0.000000704. The first-order valence-electron chi connectivity index (χ1n) is 7.95. The molecule has 1 fully saturated rings. The normalized spacial score (nSPS) is 20.8. The highest BCUT2D eigenvalue weighted by Crippen LogP contribution is 2.32. The summed E-state index contributed by atoms with van der Waals surface area (Å²) in [6.45, 7) is 6.39. The van der Waals surface area contributed by atoms with E-state index in [1.807, 2.05) is 13.8 Å². The number of hydrogen-bond acceptors (Lipinski definition) is 1. The van der Waals surface area contributed by atoms with Gasteiger partial charge in [0.1, 0.15) is 13.1 Å². The van der Waals surface area contributed by atoms with Crippen molar-refractivity contribution in [2.75, 3.05) is 13.1 Å². The van der Waals surface area contributed by atoms with Gasteiger partial charge in [-0.1, -0.05) is 38.1 Å². The number of hydrogen-bond donors (Lipinski definition) is 0. The van der Waals surface area contributed by atoms with Gasteiger partial charge in [-0.05, 0) is 17.5 Å². The maximum absolute atomic E-state index is 9.12. The minimum atomic E-state index is 0.345. The van der Waals surface area contributed by atoms with Gasteiger partial charge in [0.05, 0.1) is 18.4 Å². The summed E-state index contributed by atoms with van der Waals surface area (Å²) in [4.78, 5) is 0. The molecule has 0 bridgehead atoms. The molecule has 2 nitrogen and oxygen atoms in total. The van der Waals surface area contributed by atoms with E-state index in [1.165, 1.54) is 42.8 Å². The van der Waals surface area contributed by atoms with Crippen LogP contribution in [0, 0.1) is 11.3 Å². The molecule has 1 atom stereocenters. The van der Waals surface area contributed by atoms with Crippen molar-refractivity contribution < 1.29 is 4.58 Å². The molecular formula is C18H25N2+. The Hall–Kier alpha value is -1.62. The molecule has 1 unspecified atom stereocenters. The number of nitrogens with zero attached hydrogens (tertiary/aromatic N) is 2. The topological polar surface area (TPSA) is 26.8 Å². The van der Waals surface area contributed by atoms with E-state index in [0.717, 1.165) is 12.8 Å². The molecular weight excluding hydrogens is 244 g/mol. The summed E-state index contributed by atoms with van der Waals surface area (Å²) in [5, 5.41) is 9.12. The molecule has 0 N–H and O–H groups in total. The van der Waals surface area contributed by atoms with Crippen LogP contribution in [0.1, 0.15) is 56.6 Å². The average Bonchev–Trinajstić information content (AvgIpc) is 3.04. The molecule has 2 aliphatic rings. The number of benzene rings is 1. The van der Waals surface area contributed by atoms with Gasteiger partial charge in [-0.25, -0.2) is 4.58 Å². The molecule has 2 heteroatoms. The third-order valence-electron chi connectivity index (χ3n) is 4.29. The summed E-state index contributed by atoms with van der Waals surface area (Å²) >= 11 is 0. The second-order valence-electron chi connectivity index (χ2n) is 5.30. The Kier molecular flexibility index (Phi) is 5.35. The molecule has 20 heavy (non-hydrogen) atoms. The molecule has 0 aromatic heterocycles. The van der Waals surface area contributed by atoms with Gasteiger partial charge in [0, 0.05) is 19.3 Å². The Morgan fingerprint density at radius 1 is 1.15 bits per heavy atom. The highest BCUT2D eigenvalue weighted by molar-refractivity contribution is 5.89. The predicted molar refractivity (Wildman–Crippen MR) is 83.3 cm³/mol. The zero-order valence-electron chi connectivity index (χ0n) is 12.7. The average molecular weight is 269 g/mol. The Labute approximate surface area is 122 Å². The van der Waals surface area contributed by atoms with E-state index >= 15 is 0 Å². The Morgan fingerprint density at radius 3 is 2.55 bits per heavy atom. The van der Waals surface area contributed by atoms with Crippen LogP contribution in [0.3, 0.4) is 0 Å². The van der Waals surface area contributed by atoms with Crippen molar-refractivity contribution in [2.24, 2.45) is 0 Å². The van der Waals surface area contributed by atoms with E-state index in [9.17, 15) is 0 Å². The Bertz CT molecular complexity index is 514. The van der Waals surface area contributed by atoms with Gasteiger partial charge in [0.25, 0.3) is 0 Å². The van der Waals surface area contributed by atoms with Gasteiger partial charge < -0.3 is 0 Å². The molecule has 0 amide bonds. The lowest BCUT2D eigenvalue weighted by atomic mass is 9.79. The fraction of sp³-hybridized carbons (Fsp3) is 0.556. The van der Waals surface area contributed by atoms with Crippen LogP contribution in [0.4, 0.5) is 0 Å². The van der Waals surface area contributed by atoms with Gasteiger partial charge in [-0.2, -0.15) is 5.26 Å². The van der Waals surface area contributed by atoms with E-state index in [4.69, 9.17) is 5.26 Å². The second kappa shape index (κ2) is 7.24. The summed E-state index contributed by atoms with van der Waals surface area (Å²) in [7, 11) is 0. The van der Waals surface area contributed by atoms with E-state index in [-0.39, 0.29) is 0 Å². The molecule has 0 spiro atoms. The third-order valence-corrected chi connectivity index (χ3v) is 4.29. The Morgan fingerprint density at radius 2 is 1.85 bits per heavy atom. The lowest BCUT2D eigenvalue weighted by molar-refractivity contribution is -0.509. The summed E-state index contributed by atoms with van der Waals surface area (Å²) in [5.41, 5.74) is 4.36. The lowest BCUT2D eigenvalue weighted by Crippen LogP contribution is -2.29. The van der Waals surface area contributed by atoms with E-state index in [2.05, 4.69) is 34.9 Å². The van der Waals surface area contributed by atoms with Crippen molar-refractivity contribution >= 4 is 5.71 Å². The molecule has 106 valence electrons. The summed E-state index contributed by atoms with van der Waals surface area (Å²) in [6, 6.07) is 11.0. The molecule has 1 aromatic rings. The highest BCUT2D eigenvalue weighted by atomic mass is 15.0. The first-order valence-corrected chi connectivity index (χ1v) is 7.95. The van der Waals surface area contributed by atoms with Crippen molar-refractivity contribution in [3.8, 4) is 6.07 Å². The van der Waals surface area contributed by atoms with Crippen LogP contribution in [0.25, 0.3) is 0 Å². The summed E-state index contributed by atoms with van der Waals surface area (Å²) in [5.74, 6) is 0.345. The number of aryl methyl sites for hydroxylation is 1. The van der Waals surface area contributed by atoms with Gasteiger partial charge in [-0.3, -0.25) is 0 Å². The van der Waals surface area contributed by atoms with Crippen LogP contribution in [0.15, 0.2) is 24.3 Å². The molecule has 1 heterocycles. The predicted octanol–water partition coefficient (Wildman–Crippen LogP) is 3.90. The quantitative estimate of drug-likeness (QED) is 0.710. The van der Waals surface area contributed by atoms with Crippen molar-refractivity contribution in [2.45, 2.75) is 51.9 Å². The van der Waals surface area contributed by atoms with Crippen molar-refractivity contribution in [1.82, 2.24) is 0 Å². The highest BCUT2D eigenvalue weighted by Gasteiger charge is 2.33. The summed E-state index contributed by atoms with van der Waals surface area (Å²) < 4.78 is 2.54. The fourth-order valence-electron chi connectivity index (χ4n) is 3.42. The number of nitriles is 1. The van der Waals surface area contributed by atoms with Gasteiger partial charge >= 0.3 is 0 Å². The smallest absolute Gasteiger partial charge is 0.161 e. The number of rotatable bonds is 1. The molecule has 1 aliphatic heterocycles.